The lowest BCUT2D eigenvalue weighted by Gasteiger charge is -2.40. The maximum Gasteiger partial charge on any atom is 0.322 e. The summed E-state index contributed by atoms with van der Waals surface area (Å²) in [5.41, 5.74) is 2.85. The lowest BCUT2D eigenvalue weighted by molar-refractivity contribution is 0.184. The van der Waals surface area contributed by atoms with Gasteiger partial charge in [0.15, 0.2) is 11.6 Å². The summed E-state index contributed by atoms with van der Waals surface area (Å²) in [4.78, 5) is 25.3. The summed E-state index contributed by atoms with van der Waals surface area (Å²) in [7, 11) is 0. The molecule has 1 N–H and O–H groups in total. The van der Waals surface area contributed by atoms with Crippen LogP contribution in [0.25, 0.3) is 0 Å². The lowest BCUT2D eigenvalue weighted by Crippen LogP contribution is -2.55. The van der Waals surface area contributed by atoms with E-state index in [9.17, 15) is 9.18 Å². The molecule has 1 aliphatic rings. The molecular formula is C25H28FN5O2. The Bertz CT molecular complexity index is 1140. The molecule has 1 atom stereocenters. The standard InChI is InChI=1S/C25H28FN5O2/c1-4-19-7-5-6-8-21(19)29-25(32)31-12-11-30(15-18(31)3)23-14-24(28-16-27-23)33-22-13-17(2)9-10-20(22)26/h5-10,13-14,16,18H,4,11-12,15H2,1-3H3,(H,29,32). The molecule has 1 aliphatic heterocycles. The first-order valence-electron chi connectivity index (χ1n) is 11.1. The van der Waals surface area contributed by atoms with Crippen LogP contribution in [0, 0.1) is 12.7 Å². The number of piperazine rings is 1. The summed E-state index contributed by atoms with van der Waals surface area (Å²) in [6, 6.07) is 14.1. The average molecular weight is 450 g/mol. The van der Waals surface area contributed by atoms with Crippen molar-refractivity contribution in [3.63, 3.8) is 0 Å². The van der Waals surface area contributed by atoms with Gasteiger partial charge in [0.05, 0.1) is 0 Å². The number of amides is 2. The van der Waals surface area contributed by atoms with Crippen LogP contribution in [-0.4, -0.2) is 46.6 Å². The first-order chi connectivity index (χ1) is 15.9. The van der Waals surface area contributed by atoms with Gasteiger partial charge in [0.2, 0.25) is 5.88 Å². The molecule has 33 heavy (non-hydrogen) atoms. The highest BCUT2D eigenvalue weighted by Crippen LogP contribution is 2.27. The van der Waals surface area contributed by atoms with Gasteiger partial charge in [0.25, 0.3) is 0 Å². The Morgan fingerprint density at radius 3 is 2.79 bits per heavy atom. The molecule has 0 bridgehead atoms. The third kappa shape index (κ3) is 5.22. The third-order valence-electron chi connectivity index (χ3n) is 5.78. The van der Waals surface area contributed by atoms with E-state index in [4.69, 9.17) is 4.74 Å². The second kappa shape index (κ2) is 9.85. The molecule has 4 rings (SSSR count). The number of halogens is 1. The fraction of sp³-hybridized carbons (Fsp3) is 0.320. The molecule has 2 amide bonds. The van der Waals surface area contributed by atoms with Gasteiger partial charge >= 0.3 is 6.03 Å². The number of benzene rings is 2. The van der Waals surface area contributed by atoms with Gasteiger partial charge in [-0.1, -0.05) is 31.2 Å². The van der Waals surface area contributed by atoms with Gasteiger partial charge < -0.3 is 19.9 Å². The largest absolute Gasteiger partial charge is 0.436 e. The van der Waals surface area contributed by atoms with E-state index in [0.29, 0.717) is 25.5 Å². The zero-order valence-electron chi connectivity index (χ0n) is 19.1. The van der Waals surface area contributed by atoms with Crippen molar-refractivity contribution in [2.24, 2.45) is 0 Å². The molecule has 0 spiro atoms. The summed E-state index contributed by atoms with van der Waals surface area (Å²) in [6.45, 7) is 7.72. The highest BCUT2D eigenvalue weighted by molar-refractivity contribution is 5.90. The van der Waals surface area contributed by atoms with E-state index in [1.165, 1.54) is 12.4 Å². The van der Waals surface area contributed by atoms with Crippen LogP contribution in [-0.2, 0) is 6.42 Å². The van der Waals surface area contributed by atoms with Crippen molar-refractivity contribution in [3.8, 4) is 11.6 Å². The fourth-order valence-electron chi connectivity index (χ4n) is 3.97. The van der Waals surface area contributed by atoms with Gasteiger partial charge in [-0.05, 0) is 49.6 Å². The van der Waals surface area contributed by atoms with E-state index in [1.807, 2.05) is 43.0 Å². The van der Waals surface area contributed by atoms with Crippen molar-refractivity contribution in [2.45, 2.75) is 33.2 Å². The number of para-hydroxylation sites is 1. The lowest BCUT2D eigenvalue weighted by atomic mass is 10.1. The first kappa shape index (κ1) is 22.5. The number of ether oxygens (including phenoxy) is 1. The molecule has 8 heteroatoms. The number of nitrogens with one attached hydrogen (secondary N) is 1. The van der Waals surface area contributed by atoms with E-state index in [2.05, 4.69) is 27.1 Å². The zero-order valence-corrected chi connectivity index (χ0v) is 19.1. The van der Waals surface area contributed by atoms with Crippen LogP contribution in [0.1, 0.15) is 25.0 Å². The van der Waals surface area contributed by atoms with Crippen LogP contribution in [0.3, 0.4) is 0 Å². The molecule has 3 aromatic rings. The Hall–Kier alpha value is -3.68. The van der Waals surface area contributed by atoms with E-state index < -0.39 is 5.82 Å². The van der Waals surface area contributed by atoms with E-state index >= 15 is 0 Å². The Kier molecular flexibility index (Phi) is 6.72. The maximum atomic E-state index is 14.1. The summed E-state index contributed by atoms with van der Waals surface area (Å²) in [5, 5.41) is 3.05. The summed E-state index contributed by atoms with van der Waals surface area (Å²) >= 11 is 0. The van der Waals surface area contributed by atoms with E-state index in [-0.39, 0.29) is 23.7 Å². The first-order valence-corrected chi connectivity index (χ1v) is 11.1. The van der Waals surface area contributed by atoms with E-state index in [1.54, 1.807) is 18.2 Å². The van der Waals surface area contributed by atoms with Crippen LogP contribution < -0.4 is 15.0 Å². The Labute approximate surface area is 193 Å². The zero-order chi connectivity index (χ0) is 23.4. The number of hydrogen-bond donors (Lipinski definition) is 1. The van der Waals surface area contributed by atoms with Crippen molar-refractivity contribution in [2.75, 3.05) is 29.9 Å². The molecule has 2 heterocycles. The van der Waals surface area contributed by atoms with Gasteiger partial charge in [-0.3, -0.25) is 0 Å². The number of rotatable bonds is 5. The van der Waals surface area contributed by atoms with Crippen LogP contribution in [0.5, 0.6) is 11.6 Å². The van der Waals surface area contributed by atoms with Crippen molar-refractivity contribution in [1.29, 1.82) is 0 Å². The predicted molar refractivity (Wildman–Crippen MR) is 126 cm³/mol. The van der Waals surface area contributed by atoms with Gasteiger partial charge in [0, 0.05) is 37.4 Å². The fourth-order valence-corrected chi connectivity index (χ4v) is 3.97. The highest BCUT2D eigenvalue weighted by atomic mass is 19.1. The van der Waals surface area contributed by atoms with Crippen molar-refractivity contribution >= 4 is 17.5 Å². The molecule has 1 aromatic heterocycles. The SMILES string of the molecule is CCc1ccccc1NC(=O)N1CCN(c2cc(Oc3cc(C)ccc3F)ncn2)CC1C. The molecule has 7 nitrogen and oxygen atoms in total. The molecule has 0 aliphatic carbocycles. The van der Waals surface area contributed by atoms with E-state index in [0.717, 1.165) is 23.2 Å². The normalized spacial score (nSPS) is 15.9. The highest BCUT2D eigenvalue weighted by Gasteiger charge is 2.28. The number of anilines is 2. The minimum atomic E-state index is -0.446. The molecule has 2 aromatic carbocycles. The summed E-state index contributed by atoms with van der Waals surface area (Å²) in [5.74, 6) is 0.630. The van der Waals surface area contributed by atoms with Crippen molar-refractivity contribution in [1.82, 2.24) is 14.9 Å². The van der Waals surface area contributed by atoms with Crippen LogP contribution in [0.2, 0.25) is 0 Å². The maximum absolute atomic E-state index is 14.1. The number of nitrogens with zero attached hydrogens (tertiary/aromatic N) is 4. The smallest absolute Gasteiger partial charge is 0.322 e. The van der Waals surface area contributed by atoms with Gasteiger partial charge in [0.1, 0.15) is 12.1 Å². The molecule has 0 radical (unpaired) electrons. The molecule has 1 fully saturated rings. The second-order valence-corrected chi connectivity index (χ2v) is 8.18. The molecular weight excluding hydrogens is 421 g/mol. The van der Waals surface area contributed by atoms with Crippen LogP contribution in [0.4, 0.5) is 20.7 Å². The minimum absolute atomic E-state index is 0.0268. The monoisotopic (exact) mass is 449 g/mol. The molecule has 1 unspecified atom stereocenters. The van der Waals surface area contributed by atoms with Gasteiger partial charge in [-0.2, -0.15) is 0 Å². The van der Waals surface area contributed by atoms with Gasteiger partial charge in [-0.15, -0.1) is 0 Å². The number of hydrogen-bond acceptors (Lipinski definition) is 5. The minimum Gasteiger partial charge on any atom is -0.436 e. The predicted octanol–water partition coefficient (Wildman–Crippen LogP) is 5.02. The quantitative estimate of drug-likeness (QED) is 0.592. The van der Waals surface area contributed by atoms with Crippen LogP contribution in [0.15, 0.2) is 54.9 Å². The third-order valence-corrected chi connectivity index (χ3v) is 5.78. The molecule has 1 saturated heterocycles. The number of urea groups is 1. The number of carbonyl (C=O) groups excluding carboxylic acids is 1. The summed E-state index contributed by atoms with van der Waals surface area (Å²) < 4.78 is 19.7. The molecule has 172 valence electrons. The van der Waals surface area contributed by atoms with Crippen LogP contribution >= 0.6 is 0 Å². The van der Waals surface area contributed by atoms with Crippen molar-refractivity contribution < 1.29 is 13.9 Å². The Morgan fingerprint density at radius 1 is 1.18 bits per heavy atom. The number of aryl methyl sites for hydroxylation is 2. The topological polar surface area (TPSA) is 70.6 Å². The van der Waals surface area contributed by atoms with Gasteiger partial charge in [-0.25, -0.2) is 19.2 Å². The number of aromatic nitrogens is 2. The Balaban J connectivity index is 1.42. The average Bonchev–Trinajstić information content (AvgIpc) is 2.82. The summed E-state index contributed by atoms with van der Waals surface area (Å²) in [6.07, 6.45) is 2.26. The van der Waals surface area contributed by atoms with Crippen molar-refractivity contribution in [3.05, 3.63) is 71.8 Å². The molecule has 0 saturated carbocycles. The number of carbonyl (C=O) groups is 1. The Morgan fingerprint density at radius 2 is 2.00 bits per heavy atom. The second-order valence-electron chi connectivity index (χ2n) is 8.18.